The van der Waals surface area contributed by atoms with Gasteiger partial charge in [0.2, 0.25) is 0 Å². The molecule has 1 aromatic carbocycles. The minimum Gasteiger partial charge on any atom is -0.222 e. The van der Waals surface area contributed by atoms with E-state index in [1.807, 2.05) is 13.0 Å². The van der Waals surface area contributed by atoms with Crippen LogP contribution in [0, 0.1) is 17.2 Å². The molecule has 0 bridgehead atoms. The van der Waals surface area contributed by atoms with E-state index in [9.17, 15) is 13.7 Å². The van der Waals surface area contributed by atoms with Gasteiger partial charge < -0.3 is 0 Å². The molecule has 0 saturated heterocycles. The van der Waals surface area contributed by atoms with E-state index in [0.717, 1.165) is 0 Å². The summed E-state index contributed by atoms with van der Waals surface area (Å²) in [6, 6.07) is 6.99. The Bertz CT molecular complexity index is 636. The van der Waals surface area contributed by atoms with Gasteiger partial charge in [-0.1, -0.05) is 29.3 Å². The lowest BCUT2D eigenvalue weighted by Crippen LogP contribution is -2.24. The van der Waals surface area contributed by atoms with Crippen LogP contribution in [-0.2, 0) is 9.84 Å². The smallest absolute Gasteiger partial charge is 0.198 e. The molecular formula is C12H11Br2NO2S. The number of nitrogens with zero attached hydrogens (tertiary/aromatic N) is 1. The molecule has 1 aromatic rings. The molecule has 0 aromatic heterocycles. The zero-order chi connectivity index (χ0) is 13.6. The second-order valence-corrected chi connectivity index (χ2v) is 8.33. The third-order valence-corrected chi connectivity index (χ3v) is 7.31. The Morgan fingerprint density at radius 2 is 2.17 bits per heavy atom. The van der Waals surface area contributed by atoms with Gasteiger partial charge in [-0.2, -0.15) is 5.26 Å². The molecule has 0 radical (unpaired) electrons. The maximum Gasteiger partial charge on any atom is 0.198 e. The maximum absolute atomic E-state index is 12.6. The monoisotopic (exact) mass is 391 g/mol. The van der Waals surface area contributed by atoms with Crippen LogP contribution in [0.3, 0.4) is 0 Å². The molecule has 1 saturated carbocycles. The van der Waals surface area contributed by atoms with Crippen LogP contribution < -0.4 is 0 Å². The number of benzene rings is 1. The summed E-state index contributed by atoms with van der Waals surface area (Å²) in [5.74, 6) is -0.0571. The molecule has 0 amide bonds. The van der Waals surface area contributed by atoms with E-state index < -0.39 is 14.6 Å². The van der Waals surface area contributed by atoms with Crippen molar-refractivity contribution < 1.29 is 8.42 Å². The zero-order valence-electron chi connectivity index (χ0n) is 9.65. The van der Waals surface area contributed by atoms with Gasteiger partial charge in [0.15, 0.2) is 14.6 Å². The van der Waals surface area contributed by atoms with Gasteiger partial charge in [0.25, 0.3) is 0 Å². The average Bonchev–Trinajstić information content (AvgIpc) is 3.07. The zero-order valence-corrected chi connectivity index (χ0v) is 13.6. The molecule has 2 rings (SSSR count). The molecule has 1 aliphatic rings. The lowest BCUT2D eigenvalue weighted by Gasteiger charge is -2.12. The third-order valence-electron chi connectivity index (χ3n) is 3.39. The van der Waals surface area contributed by atoms with Gasteiger partial charge in [0.1, 0.15) is 0 Å². The summed E-state index contributed by atoms with van der Waals surface area (Å²) in [7, 11) is -3.63. The molecule has 96 valence electrons. The Balaban J connectivity index is 2.57. The predicted molar refractivity (Wildman–Crippen MR) is 75.8 cm³/mol. The highest BCUT2D eigenvalue weighted by Gasteiger charge is 2.64. The van der Waals surface area contributed by atoms with Gasteiger partial charge in [0.05, 0.1) is 11.0 Å². The molecule has 0 aliphatic heterocycles. The van der Waals surface area contributed by atoms with Crippen molar-refractivity contribution in [1.29, 1.82) is 5.26 Å². The van der Waals surface area contributed by atoms with Crippen molar-refractivity contribution in [3.05, 3.63) is 27.1 Å². The Morgan fingerprint density at radius 3 is 2.67 bits per heavy atom. The first kappa shape index (κ1) is 14.0. The lowest BCUT2D eigenvalue weighted by atomic mass is 10.3. The molecule has 2 atom stereocenters. The SMILES string of the molecule is CCC1CC1(C#N)S(=O)(=O)c1cc(Br)ccc1Br. The van der Waals surface area contributed by atoms with Crippen LogP contribution in [0.2, 0.25) is 0 Å². The highest BCUT2D eigenvalue weighted by Crippen LogP contribution is 2.54. The topological polar surface area (TPSA) is 57.9 Å². The first-order valence-electron chi connectivity index (χ1n) is 5.50. The number of hydrogen-bond acceptors (Lipinski definition) is 3. The molecular weight excluding hydrogens is 382 g/mol. The first-order chi connectivity index (χ1) is 8.39. The average molecular weight is 393 g/mol. The number of halogens is 2. The van der Waals surface area contributed by atoms with Gasteiger partial charge in [-0.3, -0.25) is 0 Å². The fourth-order valence-electron chi connectivity index (χ4n) is 2.19. The number of sulfone groups is 1. The highest BCUT2D eigenvalue weighted by atomic mass is 79.9. The molecule has 1 fully saturated rings. The molecule has 0 heterocycles. The van der Waals surface area contributed by atoms with E-state index in [1.54, 1.807) is 18.2 Å². The lowest BCUT2D eigenvalue weighted by molar-refractivity contribution is 0.581. The van der Waals surface area contributed by atoms with E-state index >= 15 is 0 Å². The van der Waals surface area contributed by atoms with Crippen molar-refractivity contribution in [3.8, 4) is 6.07 Å². The molecule has 1 aliphatic carbocycles. The van der Waals surface area contributed by atoms with E-state index in [0.29, 0.717) is 21.8 Å². The summed E-state index contributed by atoms with van der Waals surface area (Å²) in [5, 5.41) is 9.26. The quantitative estimate of drug-likeness (QED) is 0.788. The number of nitriles is 1. The van der Waals surface area contributed by atoms with Crippen molar-refractivity contribution in [2.24, 2.45) is 5.92 Å². The maximum atomic E-state index is 12.6. The summed E-state index contributed by atoms with van der Waals surface area (Å²) in [6.45, 7) is 1.91. The molecule has 18 heavy (non-hydrogen) atoms. The summed E-state index contributed by atoms with van der Waals surface area (Å²) in [5.41, 5.74) is 0. The Morgan fingerprint density at radius 1 is 1.50 bits per heavy atom. The molecule has 2 unspecified atom stereocenters. The van der Waals surface area contributed by atoms with Crippen molar-refractivity contribution in [2.75, 3.05) is 0 Å². The van der Waals surface area contributed by atoms with Crippen LogP contribution >= 0.6 is 31.9 Å². The normalized spacial score (nSPS) is 26.7. The van der Waals surface area contributed by atoms with Gasteiger partial charge in [-0.05, 0) is 46.5 Å². The predicted octanol–water partition coefficient (Wildman–Crippen LogP) is 3.68. The third kappa shape index (κ3) is 1.93. The summed E-state index contributed by atoms with van der Waals surface area (Å²) in [4.78, 5) is 0.189. The van der Waals surface area contributed by atoms with Crippen LogP contribution in [0.25, 0.3) is 0 Å². The largest absolute Gasteiger partial charge is 0.222 e. The molecule has 0 N–H and O–H groups in total. The summed E-state index contributed by atoms with van der Waals surface area (Å²) in [6.07, 6.45) is 1.14. The molecule has 6 heteroatoms. The fraction of sp³-hybridized carbons (Fsp3) is 0.417. The van der Waals surface area contributed by atoms with Crippen LogP contribution in [0.4, 0.5) is 0 Å². The van der Waals surface area contributed by atoms with Gasteiger partial charge >= 0.3 is 0 Å². The standard InChI is InChI=1S/C12H11Br2NO2S/c1-2-8-6-12(8,7-15)18(16,17)11-5-9(13)3-4-10(11)14/h3-5,8H,2,6H2,1H3. The van der Waals surface area contributed by atoms with Crippen molar-refractivity contribution in [3.63, 3.8) is 0 Å². The molecule has 0 spiro atoms. The van der Waals surface area contributed by atoms with Crippen molar-refractivity contribution in [2.45, 2.75) is 29.4 Å². The van der Waals surface area contributed by atoms with Gasteiger partial charge in [-0.25, -0.2) is 8.42 Å². The second kappa shape index (κ2) is 4.62. The minimum absolute atomic E-state index is 0.0571. The first-order valence-corrected chi connectivity index (χ1v) is 8.57. The van der Waals surface area contributed by atoms with Crippen molar-refractivity contribution in [1.82, 2.24) is 0 Å². The van der Waals surface area contributed by atoms with Crippen LogP contribution in [-0.4, -0.2) is 13.2 Å². The van der Waals surface area contributed by atoms with E-state index in [1.165, 1.54) is 0 Å². The fourth-order valence-corrected chi connectivity index (χ4v) is 5.73. The summed E-state index contributed by atoms with van der Waals surface area (Å²) < 4.78 is 25.2. The highest BCUT2D eigenvalue weighted by molar-refractivity contribution is 9.11. The Hall–Kier alpha value is -0.380. The minimum atomic E-state index is -3.63. The summed E-state index contributed by atoms with van der Waals surface area (Å²) >= 11 is 6.51. The van der Waals surface area contributed by atoms with Crippen LogP contribution in [0.5, 0.6) is 0 Å². The van der Waals surface area contributed by atoms with E-state index in [4.69, 9.17) is 0 Å². The van der Waals surface area contributed by atoms with Crippen molar-refractivity contribution >= 4 is 41.7 Å². The molecule has 3 nitrogen and oxygen atoms in total. The number of rotatable bonds is 3. The van der Waals surface area contributed by atoms with Crippen LogP contribution in [0.15, 0.2) is 32.0 Å². The van der Waals surface area contributed by atoms with Gasteiger partial charge in [0, 0.05) is 8.95 Å². The van der Waals surface area contributed by atoms with Gasteiger partial charge in [-0.15, -0.1) is 0 Å². The number of hydrogen-bond donors (Lipinski definition) is 0. The van der Waals surface area contributed by atoms with E-state index in [-0.39, 0.29) is 10.8 Å². The van der Waals surface area contributed by atoms with E-state index in [2.05, 4.69) is 31.9 Å². The van der Waals surface area contributed by atoms with Crippen LogP contribution in [0.1, 0.15) is 19.8 Å². The Labute approximate surface area is 123 Å². The second-order valence-electron chi connectivity index (χ2n) is 4.39. The Kier molecular flexibility index (Phi) is 3.60.